The maximum atomic E-state index is 13.5. The van der Waals surface area contributed by atoms with Gasteiger partial charge in [-0.25, -0.2) is 9.18 Å². The minimum atomic E-state index is -1.30. The predicted octanol–water partition coefficient (Wildman–Crippen LogP) is 4.71. The molecule has 0 spiro atoms. The first-order valence-corrected chi connectivity index (χ1v) is 12.0. The zero-order valence-electron chi connectivity index (χ0n) is 18.8. The summed E-state index contributed by atoms with van der Waals surface area (Å²) < 4.78 is 13.4. The summed E-state index contributed by atoms with van der Waals surface area (Å²) in [5.41, 5.74) is 0.0575. The van der Waals surface area contributed by atoms with Crippen molar-refractivity contribution in [1.82, 2.24) is 15.5 Å². The van der Waals surface area contributed by atoms with Crippen LogP contribution in [0.3, 0.4) is 0 Å². The highest BCUT2D eigenvalue weighted by atomic mass is 32.1. The van der Waals surface area contributed by atoms with E-state index in [1.807, 2.05) is 60.0 Å². The van der Waals surface area contributed by atoms with Gasteiger partial charge in [0, 0.05) is 4.88 Å². The molecule has 2 unspecified atom stereocenters. The molecule has 1 aromatic heterocycles. The van der Waals surface area contributed by atoms with Crippen molar-refractivity contribution in [3.63, 3.8) is 0 Å². The Morgan fingerprint density at radius 1 is 1.03 bits per heavy atom. The summed E-state index contributed by atoms with van der Waals surface area (Å²) in [6, 6.07) is 21.6. The van der Waals surface area contributed by atoms with Gasteiger partial charge < -0.3 is 10.6 Å². The number of hydrogen-bond donors (Lipinski definition) is 2. The number of urea groups is 1. The van der Waals surface area contributed by atoms with Gasteiger partial charge in [0.2, 0.25) is 5.91 Å². The summed E-state index contributed by atoms with van der Waals surface area (Å²) in [7, 11) is 0. The minimum Gasteiger partial charge on any atom is -0.343 e. The molecule has 1 aliphatic heterocycles. The highest BCUT2D eigenvalue weighted by Crippen LogP contribution is 2.34. The molecule has 4 amide bonds. The summed E-state index contributed by atoms with van der Waals surface area (Å²) in [5, 5.41) is 9.36. The van der Waals surface area contributed by atoms with Gasteiger partial charge >= 0.3 is 6.03 Å². The van der Waals surface area contributed by atoms with Crippen molar-refractivity contribution in [3.05, 3.63) is 106 Å². The van der Waals surface area contributed by atoms with Crippen molar-refractivity contribution in [2.75, 3.05) is 6.54 Å². The fourth-order valence-electron chi connectivity index (χ4n) is 4.46. The largest absolute Gasteiger partial charge is 0.343 e. The smallest absolute Gasteiger partial charge is 0.325 e. The number of carbonyl (C=O) groups excluding carboxylic acids is 3. The maximum Gasteiger partial charge on any atom is 0.325 e. The Hall–Kier alpha value is -4.04. The van der Waals surface area contributed by atoms with E-state index in [0.29, 0.717) is 11.1 Å². The summed E-state index contributed by atoms with van der Waals surface area (Å²) >= 11 is 1.45. The summed E-state index contributed by atoms with van der Waals surface area (Å²) in [5.74, 6) is -1.38. The minimum absolute atomic E-state index is 0.378. The lowest BCUT2D eigenvalue weighted by Crippen LogP contribution is -2.44. The predicted molar refractivity (Wildman–Crippen MR) is 132 cm³/mol. The molecule has 8 heteroatoms. The standard InChI is InChI=1S/C27H22FN3O3S/c1-27(21-9-4-7-17-6-2-3-8-20(17)21)25(33)31(26(34)30-27)16-23(32)29-24(22-10-5-15-35-22)18-11-13-19(28)14-12-18/h2-15,24H,16H2,1H3,(H,29,32)(H,30,34). The van der Waals surface area contributed by atoms with E-state index in [9.17, 15) is 18.8 Å². The van der Waals surface area contributed by atoms with Gasteiger partial charge in [0.15, 0.2) is 0 Å². The summed E-state index contributed by atoms with van der Waals surface area (Å²) in [6.45, 7) is 1.22. The highest BCUT2D eigenvalue weighted by Gasteiger charge is 2.50. The molecule has 6 nitrogen and oxygen atoms in total. The second kappa shape index (κ2) is 8.96. The van der Waals surface area contributed by atoms with Crippen LogP contribution >= 0.6 is 11.3 Å². The zero-order chi connectivity index (χ0) is 24.6. The Morgan fingerprint density at radius 3 is 2.51 bits per heavy atom. The van der Waals surface area contributed by atoms with Gasteiger partial charge in [0.25, 0.3) is 5.91 Å². The van der Waals surface area contributed by atoms with Crippen molar-refractivity contribution in [2.45, 2.75) is 18.5 Å². The van der Waals surface area contributed by atoms with E-state index in [0.717, 1.165) is 20.5 Å². The average molecular weight is 488 g/mol. The Balaban J connectivity index is 1.39. The summed E-state index contributed by atoms with van der Waals surface area (Å²) in [4.78, 5) is 41.1. The van der Waals surface area contributed by atoms with Gasteiger partial charge in [-0.1, -0.05) is 60.7 Å². The quantitative estimate of drug-likeness (QED) is 0.387. The Labute approximate surface area is 205 Å². The van der Waals surface area contributed by atoms with E-state index >= 15 is 0 Å². The first-order chi connectivity index (χ1) is 16.9. The van der Waals surface area contributed by atoms with Crippen LogP contribution in [0.15, 0.2) is 84.2 Å². The van der Waals surface area contributed by atoms with Crippen molar-refractivity contribution < 1.29 is 18.8 Å². The SMILES string of the molecule is CC1(c2cccc3ccccc23)NC(=O)N(CC(=O)NC(c2ccc(F)cc2)c2cccs2)C1=O. The van der Waals surface area contributed by atoms with E-state index in [4.69, 9.17) is 0 Å². The molecule has 5 rings (SSSR count). The number of halogens is 1. The molecule has 0 radical (unpaired) electrons. The number of benzene rings is 3. The Bertz CT molecular complexity index is 1420. The molecule has 2 N–H and O–H groups in total. The average Bonchev–Trinajstić information content (AvgIpc) is 3.46. The topological polar surface area (TPSA) is 78.5 Å². The van der Waals surface area contributed by atoms with Gasteiger partial charge in [0.05, 0.1) is 6.04 Å². The van der Waals surface area contributed by atoms with E-state index in [-0.39, 0.29) is 5.82 Å². The van der Waals surface area contributed by atoms with Gasteiger partial charge in [-0.3, -0.25) is 14.5 Å². The number of amides is 4. The van der Waals surface area contributed by atoms with Crippen LogP contribution in [0.25, 0.3) is 10.8 Å². The molecule has 1 fully saturated rings. The fraction of sp³-hybridized carbons (Fsp3) is 0.148. The monoisotopic (exact) mass is 487 g/mol. The lowest BCUT2D eigenvalue weighted by atomic mass is 9.88. The second-order valence-electron chi connectivity index (χ2n) is 8.54. The molecule has 176 valence electrons. The number of hydrogen-bond acceptors (Lipinski definition) is 4. The molecule has 1 aliphatic rings. The summed E-state index contributed by atoms with van der Waals surface area (Å²) in [6.07, 6.45) is 0. The molecular formula is C27H22FN3O3S. The molecule has 2 heterocycles. The van der Waals surface area contributed by atoms with Crippen LogP contribution in [-0.2, 0) is 15.1 Å². The third-order valence-corrected chi connectivity index (χ3v) is 7.18. The van der Waals surface area contributed by atoms with Crippen LogP contribution in [-0.4, -0.2) is 29.3 Å². The lowest BCUT2D eigenvalue weighted by Gasteiger charge is -2.24. The van der Waals surface area contributed by atoms with Crippen LogP contribution in [0.1, 0.15) is 29.0 Å². The van der Waals surface area contributed by atoms with E-state index in [1.54, 1.807) is 19.1 Å². The zero-order valence-corrected chi connectivity index (χ0v) is 19.6. The normalized spacial score (nSPS) is 18.5. The molecule has 0 bridgehead atoms. The molecule has 3 aromatic carbocycles. The fourth-order valence-corrected chi connectivity index (χ4v) is 5.27. The number of imide groups is 1. The Kier molecular flexibility index (Phi) is 5.82. The molecule has 0 aliphatic carbocycles. The van der Waals surface area contributed by atoms with Crippen LogP contribution in [0.4, 0.5) is 9.18 Å². The van der Waals surface area contributed by atoms with E-state index in [1.165, 1.54) is 23.5 Å². The van der Waals surface area contributed by atoms with Crippen LogP contribution in [0.2, 0.25) is 0 Å². The first kappa shape index (κ1) is 22.7. The third-order valence-electron chi connectivity index (χ3n) is 6.24. The lowest BCUT2D eigenvalue weighted by molar-refractivity contribution is -0.134. The molecule has 4 aromatic rings. The number of thiophene rings is 1. The van der Waals surface area contributed by atoms with Gasteiger partial charge in [0.1, 0.15) is 17.9 Å². The molecular weight excluding hydrogens is 465 g/mol. The van der Waals surface area contributed by atoms with Crippen molar-refractivity contribution >= 4 is 40.0 Å². The molecule has 1 saturated heterocycles. The van der Waals surface area contributed by atoms with Crippen molar-refractivity contribution in [1.29, 1.82) is 0 Å². The van der Waals surface area contributed by atoms with Crippen molar-refractivity contribution in [3.8, 4) is 0 Å². The van der Waals surface area contributed by atoms with Crippen LogP contribution in [0, 0.1) is 5.82 Å². The molecule has 35 heavy (non-hydrogen) atoms. The number of rotatable bonds is 6. The highest BCUT2D eigenvalue weighted by molar-refractivity contribution is 7.10. The van der Waals surface area contributed by atoms with Gasteiger partial charge in [-0.15, -0.1) is 11.3 Å². The Morgan fingerprint density at radius 2 is 1.77 bits per heavy atom. The van der Waals surface area contributed by atoms with Crippen LogP contribution in [0.5, 0.6) is 0 Å². The van der Waals surface area contributed by atoms with Gasteiger partial charge in [-0.2, -0.15) is 0 Å². The maximum absolute atomic E-state index is 13.5. The number of nitrogens with zero attached hydrogens (tertiary/aromatic N) is 1. The van der Waals surface area contributed by atoms with E-state index in [2.05, 4.69) is 10.6 Å². The molecule has 2 atom stereocenters. The van der Waals surface area contributed by atoms with E-state index < -0.39 is 36.0 Å². The first-order valence-electron chi connectivity index (χ1n) is 11.1. The number of nitrogens with one attached hydrogen (secondary N) is 2. The number of fused-ring (bicyclic) bond motifs is 1. The number of carbonyl (C=O) groups is 3. The van der Waals surface area contributed by atoms with Crippen LogP contribution < -0.4 is 10.6 Å². The third kappa shape index (κ3) is 4.17. The van der Waals surface area contributed by atoms with Crippen molar-refractivity contribution in [2.24, 2.45) is 0 Å². The van der Waals surface area contributed by atoms with Gasteiger partial charge in [-0.05, 0) is 52.4 Å². The molecule has 0 saturated carbocycles. The second-order valence-corrected chi connectivity index (χ2v) is 9.52.